The Hall–Kier alpha value is -2.54. The molecule has 27 heavy (non-hydrogen) atoms. The third-order valence-corrected chi connectivity index (χ3v) is 4.96. The number of hydrogen-bond acceptors (Lipinski definition) is 5. The van der Waals surface area contributed by atoms with Crippen molar-refractivity contribution in [1.29, 1.82) is 0 Å². The first kappa shape index (κ1) is 19.2. The molecule has 3 rings (SSSR count). The van der Waals surface area contributed by atoms with Gasteiger partial charge in [-0.05, 0) is 31.4 Å². The van der Waals surface area contributed by atoms with Gasteiger partial charge in [-0.15, -0.1) is 0 Å². The standard InChI is InChI=1S/C19H21ClN2O5/c1-11-7-19(25)27-16-9-17(15(20)8-14(11)16)26-10-18(24)21-13-3-5-22(6-4-13)12(2)23/h7-9,13H,3-6,10H2,1-2H3,(H,21,24). The molecular weight excluding hydrogens is 372 g/mol. The number of amides is 2. The molecule has 1 fully saturated rings. The SMILES string of the molecule is CC(=O)N1CCC(NC(=O)COc2cc3oc(=O)cc(C)c3cc2Cl)CC1. The molecule has 0 atom stereocenters. The number of carbonyl (C=O) groups is 2. The molecule has 1 aromatic heterocycles. The van der Waals surface area contributed by atoms with Crippen molar-refractivity contribution in [1.82, 2.24) is 10.2 Å². The summed E-state index contributed by atoms with van der Waals surface area (Å²) in [5.41, 5.74) is 0.656. The summed E-state index contributed by atoms with van der Waals surface area (Å²) in [5, 5.41) is 3.96. The van der Waals surface area contributed by atoms with Gasteiger partial charge in [-0.1, -0.05) is 11.6 Å². The summed E-state index contributed by atoms with van der Waals surface area (Å²) < 4.78 is 10.7. The minimum atomic E-state index is -0.456. The van der Waals surface area contributed by atoms with Crippen molar-refractivity contribution in [3.05, 3.63) is 39.2 Å². The number of likely N-dealkylation sites (tertiary alicyclic amines) is 1. The lowest BCUT2D eigenvalue weighted by molar-refractivity contribution is -0.130. The van der Waals surface area contributed by atoms with Crippen LogP contribution in [-0.4, -0.2) is 42.5 Å². The smallest absolute Gasteiger partial charge is 0.336 e. The fraction of sp³-hybridized carbons (Fsp3) is 0.421. The highest BCUT2D eigenvalue weighted by atomic mass is 35.5. The van der Waals surface area contributed by atoms with E-state index in [1.165, 1.54) is 12.1 Å². The number of nitrogens with one attached hydrogen (secondary N) is 1. The van der Waals surface area contributed by atoms with Crippen LogP contribution < -0.4 is 15.7 Å². The van der Waals surface area contributed by atoms with Gasteiger partial charge < -0.3 is 19.4 Å². The number of fused-ring (bicyclic) bond motifs is 1. The second-order valence-electron chi connectivity index (χ2n) is 6.66. The third-order valence-electron chi connectivity index (χ3n) is 4.67. The number of piperidine rings is 1. The maximum Gasteiger partial charge on any atom is 0.336 e. The summed E-state index contributed by atoms with van der Waals surface area (Å²) in [6.45, 7) is 4.41. The Morgan fingerprint density at radius 3 is 2.67 bits per heavy atom. The Kier molecular flexibility index (Phi) is 5.70. The highest BCUT2D eigenvalue weighted by Gasteiger charge is 2.22. The van der Waals surface area contributed by atoms with E-state index in [4.69, 9.17) is 20.8 Å². The van der Waals surface area contributed by atoms with E-state index in [0.717, 1.165) is 5.56 Å². The van der Waals surface area contributed by atoms with E-state index in [1.807, 2.05) is 0 Å². The highest BCUT2D eigenvalue weighted by Crippen LogP contribution is 2.30. The van der Waals surface area contributed by atoms with Crippen molar-refractivity contribution in [2.75, 3.05) is 19.7 Å². The van der Waals surface area contributed by atoms with Crippen LogP contribution in [0.4, 0.5) is 0 Å². The Bertz CT molecular complexity index is 932. The summed E-state index contributed by atoms with van der Waals surface area (Å²) in [6, 6.07) is 4.58. The molecule has 1 aromatic carbocycles. The predicted octanol–water partition coefficient (Wildman–Crippen LogP) is 2.26. The molecule has 1 aliphatic rings. The lowest BCUT2D eigenvalue weighted by Gasteiger charge is -2.31. The van der Waals surface area contributed by atoms with Crippen LogP contribution in [0.2, 0.25) is 5.02 Å². The van der Waals surface area contributed by atoms with Gasteiger partial charge in [0.15, 0.2) is 6.61 Å². The van der Waals surface area contributed by atoms with Crippen molar-refractivity contribution in [2.24, 2.45) is 0 Å². The lowest BCUT2D eigenvalue weighted by Crippen LogP contribution is -2.47. The van der Waals surface area contributed by atoms with Crippen molar-refractivity contribution < 1.29 is 18.7 Å². The van der Waals surface area contributed by atoms with Gasteiger partial charge in [0.25, 0.3) is 5.91 Å². The molecule has 2 heterocycles. The van der Waals surface area contributed by atoms with E-state index in [2.05, 4.69) is 5.32 Å². The van der Waals surface area contributed by atoms with Crippen LogP contribution in [0.5, 0.6) is 5.75 Å². The Labute approximate surface area is 161 Å². The van der Waals surface area contributed by atoms with Crippen molar-refractivity contribution in [2.45, 2.75) is 32.7 Å². The fourth-order valence-electron chi connectivity index (χ4n) is 3.18. The number of nitrogens with zero attached hydrogens (tertiary/aromatic N) is 1. The molecule has 144 valence electrons. The molecule has 1 N–H and O–H groups in total. The first-order valence-electron chi connectivity index (χ1n) is 8.75. The predicted molar refractivity (Wildman–Crippen MR) is 101 cm³/mol. The van der Waals surface area contributed by atoms with Crippen LogP contribution in [0, 0.1) is 6.92 Å². The number of carbonyl (C=O) groups excluding carboxylic acids is 2. The van der Waals surface area contributed by atoms with Gasteiger partial charge in [0.2, 0.25) is 5.91 Å². The Morgan fingerprint density at radius 2 is 2.00 bits per heavy atom. The summed E-state index contributed by atoms with van der Waals surface area (Å²) >= 11 is 6.22. The number of hydrogen-bond donors (Lipinski definition) is 1. The van der Waals surface area contributed by atoms with Crippen LogP contribution >= 0.6 is 11.6 Å². The largest absolute Gasteiger partial charge is 0.482 e. The van der Waals surface area contributed by atoms with E-state index in [0.29, 0.717) is 41.9 Å². The quantitative estimate of drug-likeness (QED) is 0.806. The maximum atomic E-state index is 12.1. The number of ether oxygens (including phenoxy) is 1. The van der Waals surface area contributed by atoms with Gasteiger partial charge in [0.05, 0.1) is 5.02 Å². The van der Waals surface area contributed by atoms with Gasteiger partial charge in [0.1, 0.15) is 11.3 Å². The summed E-state index contributed by atoms with van der Waals surface area (Å²) in [4.78, 5) is 36.8. The molecule has 0 radical (unpaired) electrons. The molecule has 8 heteroatoms. The topological polar surface area (TPSA) is 88.8 Å². The summed E-state index contributed by atoms with van der Waals surface area (Å²) in [5.74, 6) is 0.0635. The number of benzene rings is 1. The summed E-state index contributed by atoms with van der Waals surface area (Å²) in [6.07, 6.45) is 1.43. The second-order valence-corrected chi connectivity index (χ2v) is 7.07. The number of halogens is 1. The zero-order chi connectivity index (χ0) is 19.6. The lowest BCUT2D eigenvalue weighted by atomic mass is 10.1. The minimum Gasteiger partial charge on any atom is -0.482 e. The summed E-state index contributed by atoms with van der Waals surface area (Å²) in [7, 11) is 0. The molecule has 0 spiro atoms. The first-order valence-corrected chi connectivity index (χ1v) is 9.13. The Morgan fingerprint density at radius 1 is 1.30 bits per heavy atom. The van der Waals surface area contributed by atoms with E-state index in [9.17, 15) is 14.4 Å². The van der Waals surface area contributed by atoms with Crippen LogP contribution in [0.3, 0.4) is 0 Å². The van der Waals surface area contributed by atoms with Gasteiger partial charge in [-0.3, -0.25) is 9.59 Å². The molecule has 0 bridgehead atoms. The monoisotopic (exact) mass is 392 g/mol. The van der Waals surface area contributed by atoms with E-state index in [1.54, 1.807) is 24.8 Å². The van der Waals surface area contributed by atoms with Crippen LogP contribution in [-0.2, 0) is 9.59 Å². The molecule has 1 saturated heterocycles. The molecule has 0 unspecified atom stereocenters. The number of aryl methyl sites for hydroxylation is 1. The average molecular weight is 393 g/mol. The van der Waals surface area contributed by atoms with Crippen LogP contribution in [0.1, 0.15) is 25.3 Å². The second kappa shape index (κ2) is 8.00. The van der Waals surface area contributed by atoms with Crippen molar-refractivity contribution in [3.63, 3.8) is 0 Å². The first-order chi connectivity index (χ1) is 12.8. The molecule has 1 aliphatic heterocycles. The third kappa shape index (κ3) is 4.60. The zero-order valence-corrected chi connectivity index (χ0v) is 16.0. The Balaban J connectivity index is 1.60. The van der Waals surface area contributed by atoms with Crippen molar-refractivity contribution >= 4 is 34.4 Å². The molecule has 2 amide bonds. The van der Waals surface area contributed by atoms with Gasteiger partial charge in [-0.25, -0.2) is 4.79 Å². The van der Waals surface area contributed by atoms with Gasteiger partial charge in [0, 0.05) is 43.6 Å². The zero-order valence-electron chi connectivity index (χ0n) is 15.2. The highest BCUT2D eigenvalue weighted by molar-refractivity contribution is 6.32. The van der Waals surface area contributed by atoms with Gasteiger partial charge in [-0.2, -0.15) is 0 Å². The average Bonchev–Trinajstić information content (AvgIpc) is 2.61. The fourth-order valence-corrected chi connectivity index (χ4v) is 3.40. The number of rotatable bonds is 4. The van der Waals surface area contributed by atoms with Crippen LogP contribution in [0.25, 0.3) is 11.0 Å². The molecule has 2 aromatic rings. The van der Waals surface area contributed by atoms with E-state index >= 15 is 0 Å². The minimum absolute atomic E-state index is 0.0180. The molecule has 0 saturated carbocycles. The van der Waals surface area contributed by atoms with Crippen molar-refractivity contribution in [3.8, 4) is 5.75 Å². The van der Waals surface area contributed by atoms with E-state index in [-0.39, 0.29) is 30.2 Å². The maximum absolute atomic E-state index is 12.1. The normalized spacial score (nSPS) is 15.0. The molecular formula is C19H21ClN2O5. The molecule has 0 aliphatic carbocycles. The van der Waals surface area contributed by atoms with Gasteiger partial charge >= 0.3 is 5.63 Å². The van der Waals surface area contributed by atoms with E-state index < -0.39 is 5.63 Å². The molecule has 7 nitrogen and oxygen atoms in total. The van der Waals surface area contributed by atoms with Crippen LogP contribution in [0.15, 0.2) is 27.4 Å².